The van der Waals surface area contributed by atoms with Gasteiger partial charge in [0.2, 0.25) is 0 Å². The Morgan fingerprint density at radius 2 is 1.11 bits per heavy atom. The first-order valence-corrected chi connectivity index (χ1v) is 13.1. The fourth-order valence-electron chi connectivity index (χ4n) is 4.76. The van der Waals surface area contributed by atoms with Gasteiger partial charge in [-0.15, -0.1) is 0 Å². The fourth-order valence-corrected chi connectivity index (χ4v) is 4.76. The SMILES string of the molecule is CN1CCN(c2ccc(/C=C/c3cc(/C=C/c4ccc(N5CCN(C)CC5)cc4)[nH]c(=O)n3)cc2)CC1. The molecule has 5 rings (SSSR count). The zero-order valence-corrected chi connectivity index (χ0v) is 21.8. The molecule has 0 aliphatic carbocycles. The minimum atomic E-state index is -0.349. The van der Waals surface area contributed by atoms with Crippen LogP contribution in [-0.4, -0.2) is 86.2 Å². The molecule has 0 atom stereocenters. The minimum Gasteiger partial charge on any atom is -0.369 e. The molecule has 2 aliphatic rings. The van der Waals surface area contributed by atoms with Crippen LogP contribution in [0.25, 0.3) is 24.3 Å². The summed E-state index contributed by atoms with van der Waals surface area (Å²) in [7, 11) is 4.34. The molecule has 37 heavy (non-hydrogen) atoms. The number of nitrogens with zero attached hydrogens (tertiary/aromatic N) is 5. The van der Waals surface area contributed by atoms with Crippen LogP contribution >= 0.6 is 0 Å². The summed E-state index contributed by atoms with van der Waals surface area (Å²) in [5, 5.41) is 0. The highest BCUT2D eigenvalue weighted by Crippen LogP contribution is 2.20. The number of rotatable bonds is 6. The van der Waals surface area contributed by atoms with E-state index in [1.54, 1.807) is 0 Å². The molecule has 2 saturated heterocycles. The zero-order valence-electron chi connectivity index (χ0n) is 21.8. The number of aromatic nitrogens is 2. The minimum absolute atomic E-state index is 0.349. The van der Waals surface area contributed by atoms with Gasteiger partial charge in [-0.25, -0.2) is 4.79 Å². The van der Waals surface area contributed by atoms with Crippen LogP contribution in [0, 0.1) is 0 Å². The summed E-state index contributed by atoms with van der Waals surface area (Å²) < 4.78 is 0. The first-order valence-electron chi connectivity index (χ1n) is 13.1. The van der Waals surface area contributed by atoms with Gasteiger partial charge >= 0.3 is 5.69 Å². The van der Waals surface area contributed by atoms with E-state index in [0.717, 1.165) is 69.2 Å². The Labute approximate surface area is 219 Å². The Hall–Kier alpha value is -3.68. The highest BCUT2D eigenvalue weighted by Gasteiger charge is 2.14. The molecule has 0 bridgehead atoms. The molecule has 0 saturated carbocycles. The van der Waals surface area contributed by atoms with Gasteiger partial charge in [0.05, 0.1) is 5.69 Å². The second kappa shape index (κ2) is 11.6. The monoisotopic (exact) mass is 496 g/mol. The lowest BCUT2D eigenvalue weighted by atomic mass is 10.1. The molecule has 192 valence electrons. The lowest BCUT2D eigenvalue weighted by Crippen LogP contribution is -2.44. The number of nitrogens with one attached hydrogen (secondary N) is 1. The van der Waals surface area contributed by atoms with E-state index >= 15 is 0 Å². The third-order valence-electron chi connectivity index (χ3n) is 7.21. The molecule has 0 amide bonds. The summed E-state index contributed by atoms with van der Waals surface area (Å²) in [4.78, 5) is 28.7. The van der Waals surface area contributed by atoms with Crippen molar-refractivity contribution in [2.45, 2.75) is 0 Å². The average molecular weight is 497 g/mol. The van der Waals surface area contributed by atoms with Crippen LogP contribution in [0.3, 0.4) is 0 Å². The van der Waals surface area contributed by atoms with Gasteiger partial charge in [-0.2, -0.15) is 4.98 Å². The van der Waals surface area contributed by atoms with Crippen LogP contribution in [-0.2, 0) is 0 Å². The Bertz CT molecular complexity index is 1180. The molecule has 2 fully saturated rings. The van der Waals surface area contributed by atoms with Gasteiger partial charge in [0.1, 0.15) is 0 Å². The summed E-state index contributed by atoms with van der Waals surface area (Å²) >= 11 is 0. The Morgan fingerprint density at radius 1 is 0.649 bits per heavy atom. The van der Waals surface area contributed by atoms with E-state index in [-0.39, 0.29) is 5.69 Å². The Balaban J connectivity index is 1.22. The molecular formula is C30H36N6O. The lowest BCUT2D eigenvalue weighted by molar-refractivity contribution is 0.313. The maximum absolute atomic E-state index is 12.2. The third kappa shape index (κ3) is 6.76. The molecule has 1 aromatic heterocycles. The van der Waals surface area contributed by atoms with Crippen molar-refractivity contribution in [3.63, 3.8) is 0 Å². The van der Waals surface area contributed by atoms with Gasteiger partial charge < -0.3 is 24.6 Å². The Kier molecular flexibility index (Phi) is 7.82. The normalized spacial score (nSPS) is 17.8. The number of likely N-dealkylation sites (N-methyl/N-ethyl adjacent to an activating group) is 2. The maximum atomic E-state index is 12.2. The number of benzene rings is 2. The molecule has 3 aromatic rings. The van der Waals surface area contributed by atoms with Gasteiger partial charge in [0, 0.05) is 69.4 Å². The smallest absolute Gasteiger partial charge is 0.345 e. The molecule has 3 heterocycles. The molecule has 7 nitrogen and oxygen atoms in total. The lowest BCUT2D eigenvalue weighted by Gasteiger charge is -2.34. The molecule has 2 aliphatic heterocycles. The molecule has 0 spiro atoms. The van der Waals surface area contributed by atoms with Crippen molar-refractivity contribution in [1.29, 1.82) is 0 Å². The van der Waals surface area contributed by atoms with Gasteiger partial charge in [-0.1, -0.05) is 36.4 Å². The number of hydrogen-bond donors (Lipinski definition) is 1. The molecule has 0 radical (unpaired) electrons. The predicted molar refractivity (Wildman–Crippen MR) is 155 cm³/mol. The largest absolute Gasteiger partial charge is 0.369 e. The van der Waals surface area contributed by atoms with E-state index in [1.165, 1.54) is 11.4 Å². The predicted octanol–water partition coefficient (Wildman–Crippen LogP) is 3.61. The highest BCUT2D eigenvalue weighted by atomic mass is 16.1. The summed E-state index contributed by atoms with van der Waals surface area (Å²) in [6, 6.07) is 19.0. The van der Waals surface area contributed by atoms with Crippen molar-refractivity contribution in [3.05, 3.63) is 87.6 Å². The number of piperazine rings is 2. The van der Waals surface area contributed by atoms with Crippen LogP contribution in [0.4, 0.5) is 11.4 Å². The zero-order chi connectivity index (χ0) is 25.6. The van der Waals surface area contributed by atoms with Crippen molar-refractivity contribution in [1.82, 2.24) is 19.8 Å². The van der Waals surface area contributed by atoms with Gasteiger partial charge in [-0.05, 0) is 67.7 Å². The summed E-state index contributed by atoms with van der Waals surface area (Å²) in [6.45, 7) is 8.59. The topological polar surface area (TPSA) is 58.7 Å². The van der Waals surface area contributed by atoms with E-state index in [1.807, 2.05) is 30.4 Å². The van der Waals surface area contributed by atoms with Crippen molar-refractivity contribution in [3.8, 4) is 0 Å². The van der Waals surface area contributed by atoms with Crippen molar-refractivity contribution in [2.24, 2.45) is 0 Å². The fraction of sp³-hybridized carbons (Fsp3) is 0.333. The Morgan fingerprint density at radius 3 is 1.59 bits per heavy atom. The van der Waals surface area contributed by atoms with E-state index in [0.29, 0.717) is 5.69 Å². The van der Waals surface area contributed by atoms with E-state index in [2.05, 4.69) is 92.2 Å². The summed E-state index contributed by atoms with van der Waals surface area (Å²) in [5.74, 6) is 0. The first kappa shape index (κ1) is 25.0. The standard InChI is InChI=1S/C30H36N6O/c1-33-15-19-35(20-16-33)28-11-5-24(6-12-28)3-9-26-23-27(32-30(37)31-26)10-4-25-7-13-29(14-8-25)36-21-17-34(2)18-22-36/h3-14,23H,15-22H2,1-2H3,(H,31,32,37)/b9-3+,10-4+. The molecule has 1 N–H and O–H groups in total. The van der Waals surface area contributed by atoms with Crippen molar-refractivity contribution in [2.75, 3.05) is 76.3 Å². The quantitative estimate of drug-likeness (QED) is 0.563. The van der Waals surface area contributed by atoms with Gasteiger partial charge in [0.25, 0.3) is 0 Å². The van der Waals surface area contributed by atoms with Crippen LogP contribution in [0.1, 0.15) is 22.5 Å². The second-order valence-electron chi connectivity index (χ2n) is 10.00. The molecule has 2 aromatic carbocycles. The molecule has 0 unspecified atom stereocenters. The van der Waals surface area contributed by atoms with E-state index < -0.39 is 0 Å². The van der Waals surface area contributed by atoms with Gasteiger partial charge in [-0.3, -0.25) is 0 Å². The van der Waals surface area contributed by atoms with E-state index in [4.69, 9.17) is 0 Å². The van der Waals surface area contributed by atoms with Crippen LogP contribution in [0.5, 0.6) is 0 Å². The highest BCUT2D eigenvalue weighted by molar-refractivity contribution is 5.72. The number of aromatic amines is 1. The molecular weight excluding hydrogens is 460 g/mol. The molecule has 7 heteroatoms. The summed E-state index contributed by atoms with van der Waals surface area (Å²) in [5.41, 5.74) is 5.70. The van der Waals surface area contributed by atoms with Crippen LogP contribution in [0.15, 0.2) is 59.4 Å². The van der Waals surface area contributed by atoms with Crippen LogP contribution < -0.4 is 15.5 Å². The summed E-state index contributed by atoms with van der Waals surface area (Å²) in [6.07, 6.45) is 7.84. The third-order valence-corrected chi connectivity index (χ3v) is 7.21. The maximum Gasteiger partial charge on any atom is 0.345 e. The van der Waals surface area contributed by atoms with E-state index in [9.17, 15) is 4.79 Å². The van der Waals surface area contributed by atoms with Crippen LogP contribution in [0.2, 0.25) is 0 Å². The van der Waals surface area contributed by atoms with Crippen molar-refractivity contribution < 1.29 is 0 Å². The number of hydrogen-bond acceptors (Lipinski definition) is 6. The van der Waals surface area contributed by atoms with Gasteiger partial charge in [0.15, 0.2) is 0 Å². The number of H-pyrrole nitrogens is 1. The average Bonchev–Trinajstić information content (AvgIpc) is 2.92. The number of anilines is 2. The first-order chi connectivity index (χ1) is 18.0. The second-order valence-corrected chi connectivity index (χ2v) is 10.00. The van der Waals surface area contributed by atoms with Crippen molar-refractivity contribution >= 4 is 35.7 Å².